The normalized spacial score (nSPS) is 11.0. The molecule has 32 heavy (non-hydrogen) atoms. The Morgan fingerprint density at radius 1 is 0.969 bits per heavy atom. The first kappa shape index (κ1) is 20.0. The van der Waals surface area contributed by atoms with Gasteiger partial charge in [0, 0.05) is 24.2 Å². The van der Waals surface area contributed by atoms with E-state index in [1.54, 1.807) is 41.7 Å². The highest BCUT2D eigenvalue weighted by Crippen LogP contribution is 2.35. The molecule has 0 aliphatic carbocycles. The van der Waals surface area contributed by atoms with Gasteiger partial charge in [-0.25, -0.2) is 4.98 Å². The van der Waals surface area contributed by atoms with Crippen LogP contribution in [0.4, 0.5) is 5.13 Å². The summed E-state index contributed by atoms with van der Waals surface area (Å²) >= 11 is 1.45. The van der Waals surface area contributed by atoms with Gasteiger partial charge in [-0.15, -0.1) is 0 Å². The maximum atomic E-state index is 13.7. The summed E-state index contributed by atoms with van der Waals surface area (Å²) in [6, 6.07) is 16.8. The van der Waals surface area contributed by atoms with E-state index in [2.05, 4.69) is 15.0 Å². The number of carbonyl (C=O) groups excluding carboxylic acids is 1. The zero-order valence-corrected chi connectivity index (χ0v) is 18.1. The lowest BCUT2D eigenvalue weighted by molar-refractivity contribution is 0.0985. The van der Waals surface area contributed by atoms with E-state index in [1.165, 1.54) is 11.3 Å². The molecule has 5 aromatic rings. The van der Waals surface area contributed by atoms with E-state index in [-0.39, 0.29) is 5.91 Å². The third-order valence-corrected chi connectivity index (χ3v) is 5.95. The first-order valence-electron chi connectivity index (χ1n) is 10.2. The Hall–Kier alpha value is -3.91. The second-order valence-corrected chi connectivity index (χ2v) is 8.01. The number of anilines is 1. The molecule has 7 nitrogen and oxygen atoms in total. The third-order valence-electron chi connectivity index (χ3n) is 4.91. The van der Waals surface area contributed by atoms with Gasteiger partial charge in [0.25, 0.3) is 5.91 Å². The minimum absolute atomic E-state index is 0.180. The lowest BCUT2D eigenvalue weighted by Gasteiger charge is -2.19. The molecule has 2 aromatic carbocycles. The Kier molecular flexibility index (Phi) is 5.43. The minimum atomic E-state index is -0.180. The van der Waals surface area contributed by atoms with Crippen molar-refractivity contribution in [3.8, 4) is 5.75 Å². The summed E-state index contributed by atoms with van der Waals surface area (Å²) in [7, 11) is 0. The third kappa shape index (κ3) is 3.88. The molecular weight excluding hydrogens is 422 g/mol. The van der Waals surface area contributed by atoms with Gasteiger partial charge < -0.3 is 4.74 Å². The van der Waals surface area contributed by atoms with Gasteiger partial charge in [-0.1, -0.05) is 23.5 Å². The second-order valence-electron chi connectivity index (χ2n) is 7.00. The van der Waals surface area contributed by atoms with Gasteiger partial charge in [0.1, 0.15) is 11.3 Å². The smallest absolute Gasteiger partial charge is 0.260 e. The van der Waals surface area contributed by atoms with E-state index in [1.807, 2.05) is 43.3 Å². The van der Waals surface area contributed by atoms with E-state index >= 15 is 0 Å². The topological polar surface area (TPSA) is 81.1 Å². The molecule has 0 N–H and O–H groups in total. The number of carbonyl (C=O) groups is 1. The molecule has 0 fully saturated rings. The van der Waals surface area contributed by atoms with E-state index in [0.717, 1.165) is 21.4 Å². The van der Waals surface area contributed by atoms with Crippen molar-refractivity contribution < 1.29 is 9.53 Å². The molecule has 3 aromatic heterocycles. The first-order valence-corrected chi connectivity index (χ1v) is 11.0. The molecule has 0 saturated carbocycles. The largest absolute Gasteiger partial charge is 0.492 e. The number of thiazole rings is 1. The molecule has 3 heterocycles. The standard InChI is InChI=1S/C24H19N5O2S/c1-2-31-20-7-5-8-21-22(20)28-24(32-21)29(15-17-6-3-4-11-25-17)23(30)16-9-10-18-19(14-16)27-13-12-26-18/h3-14H,2,15H2,1H3. The van der Waals surface area contributed by atoms with E-state index < -0.39 is 0 Å². The van der Waals surface area contributed by atoms with Crippen molar-refractivity contribution in [2.75, 3.05) is 11.5 Å². The predicted octanol–water partition coefficient (Wildman–Crippen LogP) is 4.88. The van der Waals surface area contributed by atoms with Crippen LogP contribution in [-0.2, 0) is 6.54 Å². The van der Waals surface area contributed by atoms with Crippen LogP contribution in [0.2, 0.25) is 0 Å². The molecule has 0 spiro atoms. The number of amides is 1. The lowest BCUT2D eigenvalue weighted by atomic mass is 10.1. The number of hydrogen-bond acceptors (Lipinski definition) is 7. The summed E-state index contributed by atoms with van der Waals surface area (Å²) < 4.78 is 6.69. The van der Waals surface area contributed by atoms with Crippen molar-refractivity contribution in [1.82, 2.24) is 19.9 Å². The van der Waals surface area contributed by atoms with Gasteiger partial charge in [-0.3, -0.25) is 24.6 Å². The second kappa shape index (κ2) is 8.68. The Morgan fingerprint density at radius 3 is 2.66 bits per heavy atom. The van der Waals surface area contributed by atoms with Crippen LogP contribution in [0.3, 0.4) is 0 Å². The van der Waals surface area contributed by atoms with Crippen molar-refractivity contribution in [2.45, 2.75) is 13.5 Å². The number of hydrogen-bond donors (Lipinski definition) is 0. The van der Waals surface area contributed by atoms with Crippen molar-refractivity contribution in [1.29, 1.82) is 0 Å². The van der Waals surface area contributed by atoms with E-state index in [0.29, 0.717) is 35.1 Å². The van der Waals surface area contributed by atoms with Gasteiger partial charge in [-0.05, 0) is 49.4 Å². The molecule has 0 aliphatic rings. The van der Waals surface area contributed by atoms with Gasteiger partial charge in [0.2, 0.25) is 0 Å². The van der Waals surface area contributed by atoms with E-state index in [9.17, 15) is 4.79 Å². The van der Waals surface area contributed by atoms with Crippen LogP contribution in [0.1, 0.15) is 23.0 Å². The highest BCUT2D eigenvalue weighted by atomic mass is 32.1. The van der Waals surface area contributed by atoms with Crippen LogP contribution in [0.25, 0.3) is 21.3 Å². The van der Waals surface area contributed by atoms with Gasteiger partial charge in [0.15, 0.2) is 5.13 Å². The Morgan fingerprint density at radius 2 is 1.84 bits per heavy atom. The Bertz CT molecular complexity index is 1400. The zero-order chi connectivity index (χ0) is 21.9. The number of pyridine rings is 1. The fourth-order valence-electron chi connectivity index (χ4n) is 3.43. The van der Waals surface area contributed by atoms with Crippen LogP contribution >= 0.6 is 11.3 Å². The number of nitrogens with zero attached hydrogens (tertiary/aromatic N) is 5. The average molecular weight is 442 g/mol. The molecule has 0 saturated heterocycles. The van der Waals surface area contributed by atoms with Crippen LogP contribution in [0.15, 0.2) is 73.2 Å². The maximum Gasteiger partial charge on any atom is 0.260 e. The zero-order valence-electron chi connectivity index (χ0n) is 17.3. The monoisotopic (exact) mass is 441 g/mol. The SMILES string of the molecule is CCOc1cccc2sc(N(Cc3ccccn3)C(=O)c3ccc4nccnc4c3)nc12. The summed E-state index contributed by atoms with van der Waals surface area (Å²) in [4.78, 5) is 33.1. The number of fused-ring (bicyclic) bond motifs is 2. The molecule has 5 rings (SSSR count). The average Bonchev–Trinajstić information content (AvgIpc) is 3.28. The Balaban J connectivity index is 1.59. The van der Waals surface area contributed by atoms with Crippen LogP contribution in [0.5, 0.6) is 5.75 Å². The molecule has 158 valence electrons. The van der Waals surface area contributed by atoms with Crippen molar-refractivity contribution >= 4 is 43.6 Å². The summed E-state index contributed by atoms with van der Waals surface area (Å²) in [6.07, 6.45) is 4.97. The minimum Gasteiger partial charge on any atom is -0.492 e. The molecule has 0 radical (unpaired) electrons. The molecule has 0 aliphatic heterocycles. The van der Waals surface area contributed by atoms with Gasteiger partial charge in [0.05, 0.1) is 34.6 Å². The number of ether oxygens (including phenoxy) is 1. The summed E-state index contributed by atoms with van der Waals surface area (Å²) in [6.45, 7) is 2.77. The summed E-state index contributed by atoms with van der Waals surface area (Å²) in [5, 5.41) is 0.585. The fourth-order valence-corrected chi connectivity index (χ4v) is 4.41. The van der Waals surface area contributed by atoms with Crippen molar-refractivity contribution in [3.05, 3.63) is 84.4 Å². The lowest BCUT2D eigenvalue weighted by Crippen LogP contribution is -2.30. The van der Waals surface area contributed by atoms with Crippen LogP contribution in [0, 0.1) is 0 Å². The van der Waals surface area contributed by atoms with Crippen molar-refractivity contribution in [3.63, 3.8) is 0 Å². The molecule has 0 bridgehead atoms. The molecule has 1 amide bonds. The predicted molar refractivity (Wildman–Crippen MR) is 125 cm³/mol. The van der Waals surface area contributed by atoms with Crippen LogP contribution < -0.4 is 9.64 Å². The van der Waals surface area contributed by atoms with E-state index in [4.69, 9.17) is 9.72 Å². The number of aromatic nitrogens is 4. The number of rotatable bonds is 6. The molecule has 8 heteroatoms. The maximum absolute atomic E-state index is 13.7. The number of para-hydroxylation sites is 1. The summed E-state index contributed by atoms with van der Waals surface area (Å²) in [5.74, 6) is 0.527. The fraction of sp³-hybridized carbons (Fsp3) is 0.125. The van der Waals surface area contributed by atoms with Crippen molar-refractivity contribution in [2.24, 2.45) is 0 Å². The highest BCUT2D eigenvalue weighted by molar-refractivity contribution is 7.22. The Labute approximate surface area is 188 Å². The highest BCUT2D eigenvalue weighted by Gasteiger charge is 2.23. The van der Waals surface area contributed by atoms with Gasteiger partial charge >= 0.3 is 0 Å². The number of benzene rings is 2. The molecule has 0 atom stereocenters. The quantitative estimate of drug-likeness (QED) is 0.374. The molecule has 0 unspecified atom stereocenters. The first-order chi connectivity index (χ1) is 15.7. The summed E-state index contributed by atoms with van der Waals surface area (Å²) in [5.41, 5.74) is 3.43. The van der Waals surface area contributed by atoms with Crippen LogP contribution in [-0.4, -0.2) is 32.4 Å². The molecular formula is C24H19N5O2S. The van der Waals surface area contributed by atoms with Gasteiger partial charge in [-0.2, -0.15) is 0 Å².